The van der Waals surface area contributed by atoms with E-state index in [-0.39, 0.29) is 5.91 Å². The SMILES string of the molecule is Cn1c(C(=O)N2CCC[C@H](C(=O)O)C2)cc2sccc21. The molecule has 1 fully saturated rings. The van der Waals surface area contributed by atoms with Gasteiger partial charge in [0.2, 0.25) is 0 Å². The van der Waals surface area contributed by atoms with Gasteiger partial charge < -0.3 is 14.6 Å². The fourth-order valence-electron chi connectivity index (χ4n) is 2.78. The molecule has 1 atom stereocenters. The van der Waals surface area contributed by atoms with Gasteiger partial charge >= 0.3 is 5.97 Å². The molecule has 0 saturated carbocycles. The van der Waals surface area contributed by atoms with Gasteiger partial charge in [-0.1, -0.05) is 0 Å². The Kier molecular flexibility index (Phi) is 3.25. The van der Waals surface area contributed by atoms with Crippen LogP contribution in [0.3, 0.4) is 0 Å². The summed E-state index contributed by atoms with van der Waals surface area (Å²) < 4.78 is 2.97. The molecule has 2 aromatic rings. The zero-order chi connectivity index (χ0) is 14.3. The van der Waals surface area contributed by atoms with Crippen LogP contribution in [0.4, 0.5) is 0 Å². The molecule has 3 heterocycles. The van der Waals surface area contributed by atoms with E-state index >= 15 is 0 Å². The molecule has 1 aliphatic rings. The van der Waals surface area contributed by atoms with Crippen molar-refractivity contribution in [3.63, 3.8) is 0 Å². The van der Waals surface area contributed by atoms with Gasteiger partial charge in [0.1, 0.15) is 5.69 Å². The van der Waals surface area contributed by atoms with E-state index in [1.54, 1.807) is 16.2 Å². The van der Waals surface area contributed by atoms with Gasteiger partial charge in [-0.15, -0.1) is 11.3 Å². The van der Waals surface area contributed by atoms with Crippen LogP contribution in [0.25, 0.3) is 10.2 Å². The number of amides is 1. The summed E-state index contributed by atoms with van der Waals surface area (Å²) >= 11 is 1.61. The zero-order valence-electron chi connectivity index (χ0n) is 11.2. The van der Waals surface area contributed by atoms with Crippen LogP contribution in [0.1, 0.15) is 23.3 Å². The fraction of sp³-hybridized carbons (Fsp3) is 0.429. The van der Waals surface area contributed by atoms with Crippen LogP contribution in [-0.4, -0.2) is 39.5 Å². The van der Waals surface area contributed by atoms with Gasteiger partial charge in [0.15, 0.2) is 0 Å². The number of nitrogens with zero attached hydrogens (tertiary/aromatic N) is 2. The second-order valence-corrected chi connectivity index (χ2v) is 6.13. The third kappa shape index (κ3) is 2.10. The van der Waals surface area contributed by atoms with E-state index in [1.165, 1.54) is 0 Å². The second kappa shape index (κ2) is 4.94. The van der Waals surface area contributed by atoms with Crippen molar-refractivity contribution in [1.29, 1.82) is 0 Å². The first-order valence-corrected chi connectivity index (χ1v) is 7.51. The Labute approximate surface area is 120 Å². The van der Waals surface area contributed by atoms with Gasteiger partial charge in [-0.3, -0.25) is 9.59 Å². The molecule has 2 aromatic heterocycles. The van der Waals surface area contributed by atoms with Crippen molar-refractivity contribution in [3.05, 3.63) is 23.2 Å². The first-order valence-electron chi connectivity index (χ1n) is 6.63. The number of rotatable bonds is 2. The molecular weight excluding hydrogens is 276 g/mol. The summed E-state index contributed by atoms with van der Waals surface area (Å²) in [6, 6.07) is 3.89. The molecule has 0 bridgehead atoms. The number of aryl methyl sites for hydroxylation is 1. The Morgan fingerprint density at radius 3 is 2.95 bits per heavy atom. The predicted octanol–water partition coefficient (Wildman–Crippen LogP) is 2.18. The van der Waals surface area contributed by atoms with Crippen LogP contribution >= 0.6 is 11.3 Å². The number of carbonyl (C=O) groups excluding carboxylic acids is 1. The van der Waals surface area contributed by atoms with E-state index in [1.807, 2.05) is 29.1 Å². The zero-order valence-corrected chi connectivity index (χ0v) is 12.0. The minimum Gasteiger partial charge on any atom is -0.481 e. The molecule has 0 spiro atoms. The summed E-state index contributed by atoms with van der Waals surface area (Å²) in [4.78, 5) is 25.3. The lowest BCUT2D eigenvalue weighted by Gasteiger charge is -2.30. The van der Waals surface area contributed by atoms with E-state index in [9.17, 15) is 9.59 Å². The molecule has 0 radical (unpaired) electrons. The number of hydrogen-bond donors (Lipinski definition) is 1. The largest absolute Gasteiger partial charge is 0.481 e. The van der Waals surface area contributed by atoms with Crippen LogP contribution in [-0.2, 0) is 11.8 Å². The number of carbonyl (C=O) groups is 2. The topological polar surface area (TPSA) is 62.5 Å². The van der Waals surface area contributed by atoms with Crippen molar-refractivity contribution in [2.24, 2.45) is 13.0 Å². The van der Waals surface area contributed by atoms with Crippen molar-refractivity contribution < 1.29 is 14.7 Å². The third-order valence-corrected chi connectivity index (χ3v) is 4.79. The smallest absolute Gasteiger partial charge is 0.308 e. The summed E-state index contributed by atoms with van der Waals surface area (Å²) in [6.07, 6.45) is 1.41. The predicted molar refractivity (Wildman–Crippen MR) is 77.1 cm³/mol. The maximum absolute atomic E-state index is 12.6. The Morgan fingerprint density at radius 2 is 2.25 bits per heavy atom. The first-order chi connectivity index (χ1) is 9.58. The number of likely N-dealkylation sites (tertiary alicyclic amines) is 1. The number of carboxylic acids is 1. The summed E-state index contributed by atoms with van der Waals surface area (Å²) in [5.74, 6) is -1.31. The first kappa shape index (κ1) is 13.2. The number of aromatic nitrogens is 1. The summed E-state index contributed by atoms with van der Waals surface area (Å²) in [7, 11) is 1.88. The molecular formula is C14H16N2O3S. The van der Waals surface area contributed by atoms with Crippen LogP contribution in [0.5, 0.6) is 0 Å². The number of hydrogen-bond acceptors (Lipinski definition) is 3. The molecule has 6 heteroatoms. The summed E-state index contributed by atoms with van der Waals surface area (Å²) in [5.41, 5.74) is 1.68. The van der Waals surface area contributed by atoms with Crippen LogP contribution in [0.2, 0.25) is 0 Å². The molecule has 1 aliphatic heterocycles. The second-order valence-electron chi connectivity index (χ2n) is 5.19. The number of carboxylic acid groups (broad SMARTS) is 1. The van der Waals surface area contributed by atoms with Gasteiger partial charge in [-0.25, -0.2) is 0 Å². The van der Waals surface area contributed by atoms with Crippen LogP contribution in [0, 0.1) is 5.92 Å². The minimum atomic E-state index is -0.810. The molecule has 1 saturated heterocycles. The van der Waals surface area contributed by atoms with Gasteiger partial charge in [0.05, 0.1) is 16.1 Å². The molecule has 1 amide bonds. The van der Waals surface area contributed by atoms with E-state index in [2.05, 4.69) is 0 Å². The van der Waals surface area contributed by atoms with Crippen LogP contribution in [0.15, 0.2) is 17.5 Å². The monoisotopic (exact) mass is 292 g/mol. The van der Waals surface area contributed by atoms with E-state index in [0.717, 1.165) is 16.6 Å². The Balaban J connectivity index is 1.86. The summed E-state index contributed by atoms with van der Waals surface area (Å²) in [6.45, 7) is 0.953. The minimum absolute atomic E-state index is 0.0677. The van der Waals surface area contributed by atoms with Crippen molar-refractivity contribution in [3.8, 4) is 0 Å². The Hall–Kier alpha value is -1.82. The number of thiophene rings is 1. The van der Waals surface area contributed by atoms with Crippen LogP contribution < -0.4 is 0 Å². The molecule has 0 aromatic carbocycles. The average Bonchev–Trinajstić information content (AvgIpc) is 3.02. The van der Waals surface area contributed by atoms with Crippen molar-refractivity contribution in [2.75, 3.05) is 13.1 Å². The Morgan fingerprint density at radius 1 is 1.45 bits per heavy atom. The van der Waals surface area contributed by atoms with Gasteiger partial charge in [-0.2, -0.15) is 0 Å². The standard InChI is InChI=1S/C14H16N2O3S/c1-15-10-4-6-20-12(10)7-11(15)13(17)16-5-2-3-9(8-16)14(18)19/h4,6-7,9H,2-3,5,8H2,1H3,(H,18,19)/t9-/m0/s1. The highest BCUT2D eigenvalue weighted by molar-refractivity contribution is 7.17. The van der Waals surface area contributed by atoms with E-state index in [4.69, 9.17) is 5.11 Å². The van der Waals surface area contributed by atoms with Gasteiger partial charge in [0, 0.05) is 20.1 Å². The number of aliphatic carboxylic acids is 1. The Bertz CT molecular complexity index is 673. The number of piperidine rings is 1. The summed E-state index contributed by atoms with van der Waals surface area (Å²) in [5, 5.41) is 11.1. The van der Waals surface area contributed by atoms with Crippen molar-refractivity contribution in [2.45, 2.75) is 12.8 Å². The van der Waals surface area contributed by atoms with Crippen molar-refractivity contribution >= 4 is 33.4 Å². The number of fused-ring (bicyclic) bond motifs is 1. The molecule has 1 N–H and O–H groups in total. The quantitative estimate of drug-likeness (QED) is 0.922. The highest BCUT2D eigenvalue weighted by Gasteiger charge is 2.29. The molecule has 0 unspecified atom stereocenters. The van der Waals surface area contributed by atoms with E-state index in [0.29, 0.717) is 25.2 Å². The molecule has 20 heavy (non-hydrogen) atoms. The maximum Gasteiger partial charge on any atom is 0.308 e. The molecule has 3 rings (SSSR count). The van der Waals surface area contributed by atoms with Gasteiger partial charge in [0.25, 0.3) is 5.91 Å². The lowest BCUT2D eigenvalue weighted by Crippen LogP contribution is -2.42. The lowest BCUT2D eigenvalue weighted by atomic mass is 9.98. The van der Waals surface area contributed by atoms with Gasteiger partial charge in [-0.05, 0) is 30.4 Å². The third-order valence-electron chi connectivity index (χ3n) is 3.94. The maximum atomic E-state index is 12.6. The lowest BCUT2D eigenvalue weighted by molar-refractivity contribution is -0.143. The highest BCUT2D eigenvalue weighted by atomic mass is 32.1. The fourth-order valence-corrected chi connectivity index (χ4v) is 3.63. The molecule has 0 aliphatic carbocycles. The molecule has 5 nitrogen and oxygen atoms in total. The highest BCUT2D eigenvalue weighted by Crippen LogP contribution is 2.26. The molecule has 106 valence electrons. The average molecular weight is 292 g/mol. The van der Waals surface area contributed by atoms with E-state index < -0.39 is 11.9 Å². The van der Waals surface area contributed by atoms with Crippen molar-refractivity contribution in [1.82, 2.24) is 9.47 Å². The normalized spacial score (nSPS) is 19.4.